The summed E-state index contributed by atoms with van der Waals surface area (Å²) in [5.74, 6) is 2.20. The Balaban J connectivity index is 1.93. The third-order valence-electron chi connectivity index (χ3n) is 2.88. The van der Waals surface area contributed by atoms with Crippen molar-refractivity contribution in [2.24, 2.45) is 11.7 Å². The number of rotatable bonds is 6. The van der Waals surface area contributed by atoms with Crippen LogP contribution >= 0.6 is 0 Å². The molecule has 2 aromatic rings. The minimum absolute atomic E-state index is 0.213. The van der Waals surface area contributed by atoms with Gasteiger partial charge in [-0.1, -0.05) is 26.0 Å². The van der Waals surface area contributed by atoms with E-state index in [1.807, 2.05) is 31.2 Å². The number of benzene rings is 1. The van der Waals surface area contributed by atoms with Gasteiger partial charge < -0.3 is 14.9 Å². The molecule has 5 heteroatoms. The van der Waals surface area contributed by atoms with Crippen molar-refractivity contribution in [3.8, 4) is 5.75 Å². The molecule has 1 aromatic heterocycles. The highest BCUT2D eigenvalue weighted by Crippen LogP contribution is 2.18. The lowest BCUT2D eigenvalue weighted by atomic mass is 10.1. The molecular formula is C15H21N3O2. The van der Waals surface area contributed by atoms with Crippen LogP contribution in [-0.4, -0.2) is 10.2 Å². The Hall–Kier alpha value is -1.88. The van der Waals surface area contributed by atoms with E-state index in [1.54, 1.807) is 0 Å². The fraction of sp³-hybridized carbons (Fsp3) is 0.467. The summed E-state index contributed by atoms with van der Waals surface area (Å²) < 4.78 is 11.1. The fourth-order valence-electron chi connectivity index (χ4n) is 1.93. The van der Waals surface area contributed by atoms with Crippen molar-refractivity contribution in [3.05, 3.63) is 41.6 Å². The lowest BCUT2D eigenvalue weighted by molar-refractivity contribution is 0.254. The van der Waals surface area contributed by atoms with E-state index in [0.29, 0.717) is 17.7 Å². The molecule has 0 amide bonds. The second-order valence-corrected chi connectivity index (χ2v) is 5.38. The van der Waals surface area contributed by atoms with Gasteiger partial charge in [0.2, 0.25) is 5.89 Å². The molecule has 108 valence electrons. The van der Waals surface area contributed by atoms with Crippen LogP contribution in [0.5, 0.6) is 5.75 Å². The van der Waals surface area contributed by atoms with Crippen LogP contribution in [0.2, 0.25) is 0 Å². The molecule has 0 saturated heterocycles. The highest BCUT2D eigenvalue weighted by atomic mass is 16.5. The molecule has 20 heavy (non-hydrogen) atoms. The number of aromatic nitrogens is 2. The standard InChI is InChI=1S/C15H21N3O2/c1-10(2)7-13(16)15-18-17-14(20-15)9-19-12-6-4-5-11(3)8-12/h4-6,8,10,13H,7,9,16H2,1-3H3. The molecule has 0 saturated carbocycles. The van der Waals surface area contributed by atoms with Crippen LogP contribution in [0.25, 0.3) is 0 Å². The van der Waals surface area contributed by atoms with Crippen LogP contribution in [0.1, 0.15) is 43.7 Å². The summed E-state index contributed by atoms with van der Waals surface area (Å²) in [6.45, 7) is 6.49. The number of hydrogen-bond donors (Lipinski definition) is 1. The van der Waals surface area contributed by atoms with Crippen molar-refractivity contribution in [1.82, 2.24) is 10.2 Å². The number of nitrogens with two attached hydrogens (primary N) is 1. The van der Waals surface area contributed by atoms with Gasteiger partial charge in [0.05, 0.1) is 6.04 Å². The monoisotopic (exact) mass is 275 g/mol. The van der Waals surface area contributed by atoms with Gasteiger partial charge in [-0.15, -0.1) is 10.2 Å². The predicted octanol–water partition coefficient (Wildman–Crippen LogP) is 3.00. The van der Waals surface area contributed by atoms with Gasteiger partial charge in [0.15, 0.2) is 6.61 Å². The first-order chi connectivity index (χ1) is 9.54. The van der Waals surface area contributed by atoms with E-state index in [0.717, 1.165) is 17.7 Å². The van der Waals surface area contributed by atoms with Gasteiger partial charge in [-0.25, -0.2) is 0 Å². The Labute approximate surface area is 119 Å². The third-order valence-corrected chi connectivity index (χ3v) is 2.88. The normalized spacial score (nSPS) is 12.7. The first-order valence-corrected chi connectivity index (χ1v) is 6.82. The minimum Gasteiger partial charge on any atom is -0.484 e. The number of nitrogens with zero attached hydrogens (tertiary/aromatic N) is 2. The van der Waals surface area contributed by atoms with Gasteiger partial charge in [0.1, 0.15) is 5.75 Å². The highest BCUT2D eigenvalue weighted by Gasteiger charge is 2.16. The van der Waals surface area contributed by atoms with Gasteiger partial charge in [0, 0.05) is 0 Å². The van der Waals surface area contributed by atoms with Crippen molar-refractivity contribution in [3.63, 3.8) is 0 Å². The minimum atomic E-state index is -0.213. The van der Waals surface area contributed by atoms with Crippen LogP contribution in [0.3, 0.4) is 0 Å². The smallest absolute Gasteiger partial charge is 0.253 e. The Morgan fingerprint density at radius 1 is 1.30 bits per heavy atom. The molecule has 0 radical (unpaired) electrons. The largest absolute Gasteiger partial charge is 0.484 e. The Kier molecular flexibility index (Phi) is 4.74. The van der Waals surface area contributed by atoms with Gasteiger partial charge in [-0.2, -0.15) is 0 Å². The summed E-state index contributed by atoms with van der Waals surface area (Å²) >= 11 is 0. The highest BCUT2D eigenvalue weighted by molar-refractivity contribution is 5.27. The number of aryl methyl sites for hydroxylation is 1. The molecule has 2 rings (SSSR count). The molecule has 0 aliphatic rings. The molecule has 2 N–H and O–H groups in total. The van der Waals surface area contributed by atoms with E-state index in [2.05, 4.69) is 24.0 Å². The zero-order valence-corrected chi connectivity index (χ0v) is 12.2. The van der Waals surface area contributed by atoms with E-state index in [1.165, 1.54) is 0 Å². The number of ether oxygens (including phenoxy) is 1. The van der Waals surface area contributed by atoms with Gasteiger partial charge in [0.25, 0.3) is 5.89 Å². The van der Waals surface area contributed by atoms with Gasteiger partial charge in [-0.3, -0.25) is 0 Å². The quantitative estimate of drug-likeness (QED) is 0.877. The van der Waals surface area contributed by atoms with Crippen LogP contribution in [0.4, 0.5) is 0 Å². The maximum atomic E-state index is 6.00. The summed E-state index contributed by atoms with van der Waals surface area (Å²) in [4.78, 5) is 0. The SMILES string of the molecule is Cc1cccc(OCc2nnc(C(N)CC(C)C)o2)c1. The molecule has 1 aromatic carbocycles. The molecule has 0 aliphatic heterocycles. The van der Waals surface area contributed by atoms with Crippen LogP contribution in [-0.2, 0) is 6.61 Å². The summed E-state index contributed by atoms with van der Waals surface area (Å²) in [6.07, 6.45) is 0.820. The first-order valence-electron chi connectivity index (χ1n) is 6.82. The zero-order chi connectivity index (χ0) is 14.5. The summed E-state index contributed by atoms with van der Waals surface area (Å²) in [7, 11) is 0. The van der Waals surface area contributed by atoms with Gasteiger partial charge >= 0.3 is 0 Å². The van der Waals surface area contributed by atoms with Crippen molar-refractivity contribution >= 4 is 0 Å². The fourth-order valence-corrected chi connectivity index (χ4v) is 1.93. The molecule has 1 unspecified atom stereocenters. The summed E-state index contributed by atoms with van der Waals surface area (Å²) in [6, 6.07) is 7.61. The Morgan fingerprint density at radius 3 is 2.80 bits per heavy atom. The van der Waals surface area contributed by atoms with Gasteiger partial charge in [-0.05, 0) is 37.0 Å². The van der Waals surface area contributed by atoms with Crippen molar-refractivity contribution < 1.29 is 9.15 Å². The van der Waals surface area contributed by atoms with E-state index in [4.69, 9.17) is 14.9 Å². The number of hydrogen-bond acceptors (Lipinski definition) is 5. The lowest BCUT2D eigenvalue weighted by Gasteiger charge is -2.09. The molecule has 1 atom stereocenters. The lowest BCUT2D eigenvalue weighted by Crippen LogP contribution is -2.13. The zero-order valence-electron chi connectivity index (χ0n) is 12.2. The first kappa shape index (κ1) is 14.5. The predicted molar refractivity (Wildman–Crippen MR) is 76.2 cm³/mol. The van der Waals surface area contributed by atoms with E-state index < -0.39 is 0 Å². The average Bonchev–Trinajstić information content (AvgIpc) is 2.84. The second kappa shape index (κ2) is 6.52. The molecule has 1 heterocycles. The average molecular weight is 275 g/mol. The van der Waals surface area contributed by atoms with E-state index in [-0.39, 0.29) is 12.6 Å². The molecule has 0 spiro atoms. The van der Waals surface area contributed by atoms with Crippen molar-refractivity contribution in [2.75, 3.05) is 0 Å². The Morgan fingerprint density at radius 2 is 2.10 bits per heavy atom. The maximum Gasteiger partial charge on any atom is 0.253 e. The molecule has 5 nitrogen and oxygen atoms in total. The van der Waals surface area contributed by atoms with E-state index >= 15 is 0 Å². The second-order valence-electron chi connectivity index (χ2n) is 5.38. The molecule has 0 bridgehead atoms. The van der Waals surface area contributed by atoms with Crippen molar-refractivity contribution in [1.29, 1.82) is 0 Å². The van der Waals surface area contributed by atoms with E-state index in [9.17, 15) is 0 Å². The van der Waals surface area contributed by atoms with Crippen molar-refractivity contribution in [2.45, 2.75) is 39.8 Å². The maximum absolute atomic E-state index is 6.00. The molecule has 0 fully saturated rings. The Bertz CT molecular complexity index is 552. The molecule has 0 aliphatic carbocycles. The topological polar surface area (TPSA) is 74.2 Å². The van der Waals surface area contributed by atoms with Crippen LogP contribution in [0, 0.1) is 12.8 Å². The van der Waals surface area contributed by atoms with Crippen LogP contribution < -0.4 is 10.5 Å². The van der Waals surface area contributed by atoms with Crippen LogP contribution in [0.15, 0.2) is 28.7 Å². The summed E-state index contributed by atoms with van der Waals surface area (Å²) in [5.41, 5.74) is 7.15. The third kappa shape index (κ3) is 4.06. The molecular weight excluding hydrogens is 254 g/mol. The summed E-state index contributed by atoms with van der Waals surface area (Å²) in [5, 5.41) is 7.94.